The van der Waals surface area contributed by atoms with Crippen molar-refractivity contribution in [3.63, 3.8) is 0 Å². The molecular formula is C23H22F3N5O2S. The Balaban J connectivity index is 1.36. The number of thioether (sulfide) groups is 1. The SMILES string of the molecule is Cc1cc(C(F)(F)F)c(C#N)c(SCCN2CCN(c3ccc(C#N)c4c3OCCO4)CC2)n1. The highest BCUT2D eigenvalue weighted by atomic mass is 32.2. The molecule has 0 N–H and O–H groups in total. The Morgan fingerprint density at radius 3 is 2.41 bits per heavy atom. The molecule has 0 bridgehead atoms. The zero-order chi connectivity index (χ0) is 24.3. The van der Waals surface area contributed by atoms with E-state index in [9.17, 15) is 23.7 Å². The van der Waals surface area contributed by atoms with Crippen LogP contribution in [0.2, 0.25) is 0 Å². The van der Waals surface area contributed by atoms with Crippen molar-refractivity contribution in [1.82, 2.24) is 9.88 Å². The molecule has 0 atom stereocenters. The summed E-state index contributed by atoms with van der Waals surface area (Å²) < 4.78 is 51.4. The second kappa shape index (κ2) is 10.00. The molecule has 1 fully saturated rings. The van der Waals surface area contributed by atoms with Gasteiger partial charge in [-0.3, -0.25) is 4.90 Å². The second-order valence-electron chi connectivity index (χ2n) is 7.88. The zero-order valence-corrected chi connectivity index (χ0v) is 19.3. The van der Waals surface area contributed by atoms with E-state index in [1.807, 2.05) is 6.07 Å². The monoisotopic (exact) mass is 489 g/mol. The summed E-state index contributed by atoms with van der Waals surface area (Å²) in [5.74, 6) is 1.61. The number of hydrogen-bond acceptors (Lipinski definition) is 8. The maximum Gasteiger partial charge on any atom is 0.417 e. The van der Waals surface area contributed by atoms with E-state index in [4.69, 9.17) is 9.47 Å². The van der Waals surface area contributed by atoms with Crippen LogP contribution in [0.4, 0.5) is 18.9 Å². The Bertz CT molecular complexity index is 1150. The van der Waals surface area contributed by atoms with Crippen molar-refractivity contribution in [1.29, 1.82) is 10.5 Å². The van der Waals surface area contributed by atoms with Crippen LogP contribution in [0.25, 0.3) is 0 Å². The van der Waals surface area contributed by atoms with E-state index in [0.717, 1.165) is 37.9 Å². The Morgan fingerprint density at radius 1 is 1.06 bits per heavy atom. The molecule has 0 saturated carbocycles. The first kappa shape index (κ1) is 24.0. The number of fused-ring (bicyclic) bond motifs is 1. The van der Waals surface area contributed by atoms with Crippen molar-refractivity contribution in [2.24, 2.45) is 0 Å². The quantitative estimate of drug-likeness (QED) is 0.586. The molecule has 7 nitrogen and oxygen atoms in total. The minimum atomic E-state index is -4.59. The first-order chi connectivity index (χ1) is 16.3. The number of halogens is 3. The summed E-state index contributed by atoms with van der Waals surface area (Å²) in [6.45, 7) is 5.98. The van der Waals surface area contributed by atoms with Gasteiger partial charge in [0, 0.05) is 44.2 Å². The van der Waals surface area contributed by atoms with E-state index < -0.39 is 17.3 Å². The fourth-order valence-corrected chi connectivity index (χ4v) is 5.08. The third-order valence-corrected chi connectivity index (χ3v) is 6.63. The minimum absolute atomic E-state index is 0.120. The van der Waals surface area contributed by atoms with Gasteiger partial charge >= 0.3 is 6.18 Å². The lowest BCUT2D eigenvalue weighted by Gasteiger charge is -2.37. The highest BCUT2D eigenvalue weighted by Gasteiger charge is 2.35. The van der Waals surface area contributed by atoms with Crippen LogP contribution in [0.15, 0.2) is 23.2 Å². The van der Waals surface area contributed by atoms with Crippen molar-refractivity contribution in [3.05, 3.63) is 40.6 Å². The van der Waals surface area contributed by atoms with Crippen molar-refractivity contribution in [3.8, 4) is 23.6 Å². The van der Waals surface area contributed by atoms with Gasteiger partial charge in [-0.15, -0.1) is 11.8 Å². The molecule has 0 aliphatic carbocycles. The van der Waals surface area contributed by atoms with Gasteiger partial charge in [-0.1, -0.05) is 0 Å². The molecule has 2 aromatic rings. The van der Waals surface area contributed by atoms with Gasteiger partial charge in [0.2, 0.25) is 0 Å². The predicted molar refractivity (Wildman–Crippen MR) is 120 cm³/mol. The summed E-state index contributed by atoms with van der Waals surface area (Å²) in [4.78, 5) is 8.58. The Labute approximate surface area is 199 Å². The standard InChI is InChI=1S/C23H22F3N5O2S/c1-15-12-18(23(24,25)26)17(14-28)22(29-15)34-11-8-30-4-6-31(7-5-30)19-3-2-16(13-27)20-21(19)33-10-9-32-20/h2-3,12H,4-11H2,1H3. The summed E-state index contributed by atoms with van der Waals surface area (Å²) in [6.07, 6.45) is -4.59. The van der Waals surface area contributed by atoms with Gasteiger partial charge in [0.15, 0.2) is 11.5 Å². The summed E-state index contributed by atoms with van der Waals surface area (Å²) in [5, 5.41) is 18.7. The summed E-state index contributed by atoms with van der Waals surface area (Å²) in [7, 11) is 0. The van der Waals surface area contributed by atoms with Crippen LogP contribution >= 0.6 is 11.8 Å². The van der Waals surface area contributed by atoms with E-state index in [1.165, 1.54) is 18.7 Å². The molecule has 11 heteroatoms. The van der Waals surface area contributed by atoms with Crippen LogP contribution in [0.3, 0.4) is 0 Å². The summed E-state index contributed by atoms with van der Waals surface area (Å²) >= 11 is 1.17. The molecule has 0 unspecified atom stereocenters. The molecule has 3 heterocycles. The number of pyridine rings is 1. The van der Waals surface area contributed by atoms with Crippen molar-refractivity contribution < 1.29 is 22.6 Å². The third kappa shape index (κ3) is 5.01. The second-order valence-corrected chi connectivity index (χ2v) is 8.96. The van der Waals surface area contributed by atoms with Crippen molar-refractivity contribution in [2.75, 3.05) is 56.6 Å². The molecule has 4 rings (SSSR count). The lowest BCUT2D eigenvalue weighted by atomic mass is 10.1. The molecule has 1 saturated heterocycles. The molecule has 1 aromatic heterocycles. The van der Waals surface area contributed by atoms with Gasteiger partial charge in [0.25, 0.3) is 0 Å². The van der Waals surface area contributed by atoms with Crippen LogP contribution in [0, 0.1) is 29.6 Å². The number of anilines is 1. The Kier molecular flexibility index (Phi) is 7.05. The van der Waals surface area contributed by atoms with Crippen molar-refractivity contribution in [2.45, 2.75) is 18.1 Å². The maximum absolute atomic E-state index is 13.3. The topological polar surface area (TPSA) is 85.4 Å². The minimum Gasteiger partial charge on any atom is -0.485 e. The average molecular weight is 490 g/mol. The Morgan fingerprint density at radius 2 is 1.76 bits per heavy atom. The Hall–Kier alpha value is -3.15. The largest absolute Gasteiger partial charge is 0.485 e. The van der Waals surface area contributed by atoms with Crippen LogP contribution in [0.5, 0.6) is 11.5 Å². The third-order valence-electron chi connectivity index (χ3n) is 5.68. The summed E-state index contributed by atoms with van der Waals surface area (Å²) in [5.41, 5.74) is 0.227. The van der Waals surface area contributed by atoms with Crippen LogP contribution in [-0.4, -0.2) is 61.6 Å². The molecular weight excluding hydrogens is 467 g/mol. The van der Waals surface area contributed by atoms with E-state index in [0.29, 0.717) is 42.6 Å². The molecule has 0 radical (unpaired) electrons. The van der Waals surface area contributed by atoms with Gasteiger partial charge in [-0.2, -0.15) is 23.7 Å². The normalized spacial score (nSPS) is 16.1. The number of nitriles is 2. The van der Waals surface area contributed by atoms with E-state index in [-0.39, 0.29) is 10.7 Å². The first-order valence-corrected chi connectivity index (χ1v) is 11.7. The van der Waals surface area contributed by atoms with Gasteiger partial charge < -0.3 is 14.4 Å². The fraction of sp³-hybridized carbons (Fsp3) is 0.435. The molecule has 2 aliphatic rings. The number of ether oxygens (including phenoxy) is 2. The number of nitrogens with zero attached hydrogens (tertiary/aromatic N) is 5. The molecule has 0 spiro atoms. The lowest BCUT2D eigenvalue weighted by Crippen LogP contribution is -2.47. The average Bonchev–Trinajstić information content (AvgIpc) is 2.83. The molecule has 178 valence electrons. The van der Waals surface area contributed by atoms with Crippen LogP contribution in [0.1, 0.15) is 22.4 Å². The molecule has 34 heavy (non-hydrogen) atoms. The van der Waals surface area contributed by atoms with Crippen LogP contribution < -0.4 is 14.4 Å². The van der Waals surface area contributed by atoms with E-state index in [1.54, 1.807) is 12.1 Å². The number of aromatic nitrogens is 1. The number of piperazine rings is 1. The van der Waals surface area contributed by atoms with Gasteiger partial charge in [-0.25, -0.2) is 4.98 Å². The maximum atomic E-state index is 13.3. The van der Waals surface area contributed by atoms with Gasteiger partial charge in [0.05, 0.1) is 22.4 Å². The van der Waals surface area contributed by atoms with Gasteiger partial charge in [0.1, 0.15) is 30.4 Å². The highest BCUT2D eigenvalue weighted by molar-refractivity contribution is 7.99. The number of hydrogen-bond donors (Lipinski definition) is 0. The highest BCUT2D eigenvalue weighted by Crippen LogP contribution is 2.42. The smallest absolute Gasteiger partial charge is 0.417 e. The van der Waals surface area contributed by atoms with Crippen LogP contribution in [-0.2, 0) is 6.18 Å². The number of alkyl halides is 3. The van der Waals surface area contributed by atoms with E-state index in [2.05, 4.69) is 20.9 Å². The predicted octanol–water partition coefficient (Wildman–Crippen LogP) is 3.84. The number of aryl methyl sites for hydroxylation is 1. The summed E-state index contributed by atoms with van der Waals surface area (Å²) in [6, 6.07) is 8.34. The van der Waals surface area contributed by atoms with E-state index >= 15 is 0 Å². The lowest BCUT2D eigenvalue weighted by molar-refractivity contribution is -0.138. The first-order valence-electron chi connectivity index (χ1n) is 10.7. The number of rotatable bonds is 5. The number of benzene rings is 1. The van der Waals surface area contributed by atoms with Crippen molar-refractivity contribution >= 4 is 17.4 Å². The molecule has 1 aromatic carbocycles. The molecule has 2 aliphatic heterocycles. The molecule has 0 amide bonds. The van der Waals surface area contributed by atoms with Gasteiger partial charge in [-0.05, 0) is 25.1 Å². The fourth-order valence-electron chi connectivity index (χ4n) is 4.02. The zero-order valence-electron chi connectivity index (χ0n) is 18.5.